The van der Waals surface area contributed by atoms with Gasteiger partial charge >= 0.3 is 0 Å². The lowest BCUT2D eigenvalue weighted by atomic mass is 10.0. The third-order valence-electron chi connectivity index (χ3n) is 6.53. The summed E-state index contributed by atoms with van der Waals surface area (Å²) >= 11 is 1.40. The maximum atomic E-state index is 13.6. The van der Waals surface area contributed by atoms with E-state index >= 15 is 0 Å². The fraction of sp³-hybridized carbons (Fsp3) is 0.214. The Hall–Kier alpha value is -4.64. The van der Waals surface area contributed by atoms with Crippen LogP contribution in [0.5, 0.6) is 0 Å². The molecule has 10 nitrogen and oxygen atoms in total. The summed E-state index contributed by atoms with van der Waals surface area (Å²) < 4.78 is 0.778. The van der Waals surface area contributed by atoms with Crippen LogP contribution in [0.3, 0.4) is 0 Å². The number of carbonyl (C=O) groups excluding carboxylic acids is 1. The van der Waals surface area contributed by atoms with E-state index in [-0.39, 0.29) is 11.8 Å². The zero-order chi connectivity index (χ0) is 26.8. The zero-order valence-electron chi connectivity index (χ0n) is 21.3. The molecule has 5 N–H and O–H groups in total. The maximum absolute atomic E-state index is 13.6. The number of aliphatic imine (C=N–C) groups is 1. The van der Waals surface area contributed by atoms with Gasteiger partial charge < -0.3 is 26.7 Å². The Balaban J connectivity index is 1.28. The second-order valence-electron chi connectivity index (χ2n) is 9.42. The Morgan fingerprint density at radius 3 is 2.79 bits per heavy atom. The summed E-state index contributed by atoms with van der Waals surface area (Å²) in [6.45, 7) is 2.97. The van der Waals surface area contributed by atoms with Crippen molar-refractivity contribution < 1.29 is 4.79 Å². The first-order valence-electron chi connectivity index (χ1n) is 12.7. The second-order valence-corrected chi connectivity index (χ2v) is 10.3. The average Bonchev–Trinajstić information content (AvgIpc) is 3.71. The molecular weight excluding hydrogens is 510 g/mol. The molecule has 6 rings (SSSR count). The molecule has 0 atom stereocenters. The van der Waals surface area contributed by atoms with E-state index < -0.39 is 0 Å². The third-order valence-corrected chi connectivity index (χ3v) is 7.51. The number of allylic oxidation sites excluding steroid dienone is 1. The van der Waals surface area contributed by atoms with Crippen molar-refractivity contribution in [3.8, 4) is 0 Å². The summed E-state index contributed by atoms with van der Waals surface area (Å²) in [5.41, 5.74) is 5.54. The Bertz CT molecular complexity index is 1640. The first-order valence-corrected chi connectivity index (χ1v) is 13.6. The molecular formula is C28H27N9OS. The van der Waals surface area contributed by atoms with Crippen molar-refractivity contribution in [2.45, 2.75) is 26.3 Å². The highest BCUT2D eigenvalue weighted by Crippen LogP contribution is 2.38. The number of hydrogen-bond donors (Lipinski definition) is 5. The van der Waals surface area contributed by atoms with Crippen molar-refractivity contribution in [1.82, 2.24) is 20.3 Å². The lowest BCUT2D eigenvalue weighted by molar-refractivity contribution is 0.102. The van der Waals surface area contributed by atoms with E-state index in [1.807, 2.05) is 49.4 Å². The van der Waals surface area contributed by atoms with Crippen LogP contribution in [0.1, 0.15) is 40.2 Å². The number of aromatic nitrogens is 3. The summed E-state index contributed by atoms with van der Waals surface area (Å²) in [5.74, 6) is 1.32. The molecule has 1 saturated carbocycles. The SMILES string of the molecule is Cc1cccc(CNc2cccc(NC(=O)c3csc4c(NC5=CC=NCN5)ncnc34)c2C(=N)C2CC2)n1. The van der Waals surface area contributed by atoms with Crippen LogP contribution in [0.15, 0.2) is 65.0 Å². The van der Waals surface area contributed by atoms with Crippen LogP contribution >= 0.6 is 11.3 Å². The fourth-order valence-electron chi connectivity index (χ4n) is 4.43. The smallest absolute Gasteiger partial charge is 0.258 e. The minimum absolute atomic E-state index is 0.205. The van der Waals surface area contributed by atoms with Gasteiger partial charge in [-0.2, -0.15) is 0 Å². The molecule has 1 aliphatic carbocycles. The van der Waals surface area contributed by atoms with E-state index in [0.717, 1.165) is 46.0 Å². The van der Waals surface area contributed by atoms with E-state index in [9.17, 15) is 4.79 Å². The number of carbonyl (C=O) groups is 1. The van der Waals surface area contributed by atoms with Crippen LogP contribution in [0.2, 0.25) is 0 Å². The van der Waals surface area contributed by atoms with E-state index in [2.05, 4.69) is 41.2 Å². The summed E-state index contributed by atoms with van der Waals surface area (Å²) in [5, 5.41) is 23.6. The Labute approximate surface area is 229 Å². The van der Waals surface area contributed by atoms with Crippen molar-refractivity contribution in [3.63, 3.8) is 0 Å². The van der Waals surface area contributed by atoms with E-state index in [4.69, 9.17) is 5.41 Å². The average molecular weight is 538 g/mol. The highest BCUT2D eigenvalue weighted by molar-refractivity contribution is 7.18. The number of hydrogen-bond acceptors (Lipinski definition) is 10. The number of amides is 1. The molecule has 11 heteroatoms. The highest BCUT2D eigenvalue weighted by atomic mass is 32.1. The summed E-state index contributed by atoms with van der Waals surface area (Å²) in [6, 6.07) is 11.6. The minimum atomic E-state index is -0.282. The number of benzene rings is 1. The van der Waals surface area contributed by atoms with Gasteiger partial charge in [-0.05, 0) is 50.1 Å². The lowest BCUT2D eigenvalue weighted by Gasteiger charge is -2.18. The monoisotopic (exact) mass is 537 g/mol. The quantitative estimate of drug-likeness (QED) is 0.191. The number of aryl methyl sites for hydroxylation is 1. The highest BCUT2D eigenvalue weighted by Gasteiger charge is 2.31. The summed E-state index contributed by atoms with van der Waals surface area (Å²) in [4.78, 5) is 31.0. The second kappa shape index (κ2) is 10.6. The van der Waals surface area contributed by atoms with Crippen molar-refractivity contribution in [1.29, 1.82) is 5.41 Å². The number of nitrogens with one attached hydrogen (secondary N) is 5. The van der Waals surface area contributed by atoms with Crippen LogP contribution < -0.4 is 21.3 Å². The predicted molar refractivity (Wildman–Crippen MR) is 156 cm³/mol. The Morgan fingerprint density at radius 1 is 1.15 bits per heavy atom. The van der Waals surface area contributed by atoms with Gasteiger partial charge in [0.05, 0.1) is 33.7 Å². The molecule has 1 aromatic carbocycles. The molecule has 0 radical (unpaired) electrons. The van der Waals surface area contributed by atoms with Crippen molar-refractivity contribution in [2.75, 3.05) is 22.6 Å². The van der Waals surface area contributed by atoms with E-state index in [0.29, 0.717) is 41.5 Å². The molecule has 2 aliphatic rings. The van der Waals surface area contributed by atoms with E-state index in [1.54, 1.807) is 11.6 Å². The van der Waals surface area contributed by atoms with Gasteiger partial charge in [-0.3, -0.25) is 14.8 Å². The Kier molecular flexibility index (Phi) is 6.72. The van der Waals surface area contributed by atoms with Crippen LogP contribution in [0.4, 0.5) is 17.2 Å². The molecule has 1 amide bonds. The Morgan fingerprint density at radius 2 is 2.00 bits per heavy atom. The van der Waals surface area contributed by atoms with Gasteiger partial charge in [0.1, 0.15) is 18.8 Å². The molecule has 39 heavy (non-hydrogen) atoms. The minimum Gasteiger partial charge on any atom is -0.379 e. The first-order chi connectivity index (χ1) is 19.1. The van der Waals surface area contributed by atoms with Gasteiger partial charge in [-0.1, -0.05) is 12.1 Å². The van der Waals surface area contributed by atoms with Crippen LogP contribution in [0.25, 0.3) is 10.2 Å². The van der Waals surface area contributed by atoms with Gasteiger partial charge in [0.15, 0.2) is 5.82 Å². The molecule has 4 aromatic rings. The van der Waals surface area contributed by atoms with E-state index in [1.165, 1.54) is 17.7 Å². The molecule has 1 fully saturated rings. The van der Waals surface area contributed by atoms with Gasteiger partial charge in [-0.25, -0.2) is 9.97 Å². The number of pyridine rings is 1. The van der Waals surface area contributed by atoms with Crippen molar-refractivity contribution >= 4 is 56.6 Å². The topological polar surface area (TPSA) is 140 Å². The number of anilines is 3. The van der Waals surface area contributed by atoms with Crippen LogP contribution in [0, 0.1) is 18.3 Å². The largest absolute Gasteiger partial charge is 0.379 e. The zero-order valence-corrected chi connectivity index (χ0v) is 22.1. The number of fused-ring (bicyclic) bond motifs is 1. The molecule has 3 aromatic heterocycles. The van der Waals surface area contributed by atoms with Gasteiger partial charge in [0, 0.05) is 40.2 Å². The maximum Gasteiger partial charge on any atom is 0.258 e. The standard InChI is InChI=1S/C28H27N9OS/c1-16-4-2-5-18(35-16)12-31-20-6-3-7-21(23(20)24(29)17-8-9-17)36-28(38)19-13-39-26-25(19)33-15-34-27(26)37-22-10-11-30-14-32-22/h2-7,10-11,13,15,17,29,31-32H,8-9,12,14H2,1H3,(H,36,38)(H,33,34,37). The molecule has 0 saturated heterocycles. The third kappa shape index (κ3) is 5.34. The van der Waals surface area contributed by atoms with Gasteiger partial charge in [0.2, 0.25) is 0 Å². The number of thiophene rings is 1. The number of rotatable bonds is 9. The number of nitrogens with zero attached hydrogens (tertiary/aromatic N) is 4. The molecule has 0 bridgehead atoms. The summed E-state index contributed by atoms with van der Waals surface area (Å²) in [6.07, 6.45) is 6.97. The van der Waals surface area contributed by atoms with Crippen molar-refractivity contribution in [2.24, 2.45) is 10.9 Å². The van der Waals surface area contributed by atoms with Crippen molar-refractivity contribution in [3.05, 3.63) is 82.5 Å². The molecule has 1 aliphatic heterocycles. The van der Waals surface area contributed by atoms with Gasteiger partial charge in [0.25, 0.3) is 5.91 Å². The first kappa shape index (κ1) is 24.7. The predicted octanol–water partition coefficient (Wildman–Crippen LogP) is 4.92. The molecule has 0 spiro atoms. The molecule has 196 valence electrons. The molecule has 4 heterocycles. The van der Waals surface area contributed by atoms with Crippen LogP contribution in [-0.4, -0.2) is 39.5 Å². The normalized spacial score (nSPS) is 14.4. The fourth-order valence-corrected chi connectivity index (χ4v) is 5.37. The summed E-state index contributed by atoms with van der Waals surface area (Å²) in [7, 11) is 0. The van der Waals surface area contributed by atoms with Crippen LogP contribution in [-0.2, 0) is 6.54 Å². The lowest BCUT2D eigenvalue weighted by Crippen LogP contribution is -2.23. The van der Waals surface area contributed by atoms with Gasteiger partial charge in [-0.15, -0.1) is 11.3 Å². The molecule has 0 unspecified atom stereocenters.